The number of aromatic nitrogens is 1. The van der Waals surface area contributed by atoms with Crippen molar-refractivity contribution in [3.05, 3.63) is 53.0 Å². The lowest BCUT2D eigenvalue weighted by atomic mass is 9.96. The molecule has 1 aliphatic rings. The van der Waals surface area contributed by atoms with Gasteiger partial charge in [-0.05, 0) is 56.0 Å². The first-order valence-corrected chi connectivity index (χ1v) is 10.5. The molecule has 3 aromatic rings. The van der Waals surface area contributed by atoms with Crippen LogP contribution in [-0.2, 0) is 11.2 Å². The lowest BCUT2D eigenvalue weighted by molar-refractivity contribution is -0.120. The minimum absolute atomic E-state index is 0.0126. The number of thiophene rings is 1. The Morgan fingerprint density at radius 2 is 2.11 bits per heavy atom. The SMILES string of the molecule is CCc1ccc(NC(=O)C2CCCN(c3nccc4sc(C)cc34)C2)cc1. The van der Waals surface area contributed by atoms with Gasteiger partial charge in [-0.25, -0.2) is 4.98 Å². The molecule has 140 valence electrons. The summed E-state index contributed by atoms with van der Waals surface area (Å²) in [6.07, 6.45) is 4.82. The highest BCUT2D eigenvalue weighted by Gasteiger charge is 2.27. The van der Waals surface area contributed by atoms with Gasteiger partial charge in [0, 0.05) is 39.9 Å². The Morgan fingerprint density at radius 1 is 1.30 bits per heavy atom. The van der Waals surface area contributed by atoms with Crippen molar-refractivity contribution in [2.45, 2.75) is 33.1 Å². The van der Waals surface area contributed by atoms with Crippen LogP contribution >= 0.6 is 11.3 Å². The molecular formula is C22H25N3OS. The molecule has 4 nitrogen and oxygen atoms in total. The highest BCUT2D eigenvalue weighted by Crippen LogP contribution is 2.33. The van der Waals surface area contributed by atoms with Crippen molar-refractivity contribution >= 4 is 38.8 Å². The van der Waals surface area contributed by atoms with Gasteiger partial charge in [-0.15, -0.1) is 11.3 Å². The van der Waals surface area contributed by atoms with Crippen LogP contribution in [0.3, 0.4) is 0 Å². The molecule has 1 fully saturated rings. The van der Waals surface area contributed by atoms with Crippen molar-refractivity contribution < 1.29 is 4.79 Å². The average Bonchev–Trinajstić information content (AvgIpc) is 3.08. The van der Waals surface area contributed by atoms with Crippen LogP contribution in [0.4, 0.5) is 11.5 Å². The van der Waals surface area contributed by atoms with E-state index in [0.29, 0.717) is 0 Å². The topological polar surface area (TPSA) is 45.2 Å². The van der Waals surface area contributed by atoms with Gasteiger partial charge in [0.1, 0.15) is 5.82 Å². The minimum atomic E-state index is -0.0126. The molecule has 27 heavy (non-hydrogen) atoms. The second-order valence-corrected chi connectivity index (χ2v) is 8.52. The largest absolute Gasteiger partial charge is 0.355 e. The van der Waals surface area contributed by atoms with Gasteiger partial charge >= 0.3 is 0 Å². The summed E-state index contributed by atoms with van der Waals surface area (Å²) < 4.78 is 1.26. The summed E-state index contributed by atoms with van der Waals surface area (Å²) in [6.45, 7) is 5.94. The highest BCUT2D eigenvalue weighted by molar-refractivity contribution is 7.19. The molecule has 5 heteroatoms. The van der Waals surface area contributed by atoms with E-state index in [1.54, 1.807) is 11.3 Å². The summed E-state index contributed by atoms with van der Waals surface area (Å²) in [6, 6.07) is 12.4. The van der Waals surface area contributed by atoms with Gasteiger partial charge in [0.15, 0.2) is 0 Å². The molecule has 3 heterocycles. The van der Waals surface area contributed by atoms with Gasteiger partial charge in [0.25, 0.3) is 0 Å². The van der Waals surface area contributed by atoms with E-state index in [2.05, 4.69) is 53.3 Å². The van der Waals surface area contributed by atoms with Crippen molar-refractivity contribution in [1.82, 2.24) is 4.98 Å². The lowest BCUT2D eigenvalue weighted by Gasteiger charge is -2.33. The molecule has 1 unspecified atom stereocenters. The molecule has 1 aromatic carbocycles. The first kappa shape index (κ1) is 18.0. The number of nitrogens with one attached hydrogen (secondary N) is 1. The fraction of sp³-hybridized carbons (Fsp3) is 0.364. The number of piperidine rings is 1. The maximum absolute atomic E-state index is 12.8. The molecule has 0 spiro atoms. The van der Waals surface area contributed by atoms with E-state index in [1.165, 1.54) is 20.5 Å². The number of nitrogens with zero attached hydrogens (tertiary/aromatic N) is 2. The quantitative estimate of drug-likeness (QED) is 0.692. The van der Waals surface area contributed by atoms with E-state index in [4.69, 9.17) is 0 Å². The summed E-state index contributed by atoms with van der Waals surface area (Å²) >= 11 is 1.80. The van der Waals surface area contributed by atoms with Crippen LogP contribution in [0.1, 0.15) is 30.2 Å². The van der Waals surface area contributed by atoms with E-state index in [0.717, 1.165) is 43.9 Å². The third-order valence-electron chi connectivity index (χ3n) is 5.27. The molecule has 1 aliphatic heterocycles. The smallest absolute Gasteiger partial charge is 0.229 e. The molecule has 1 amide bonds. The van der Waals surface area contributed by atoms with E-state index >= 15 is 0 Å². The molecule has 0 aliphatic carbocycles. The van der Waals surface area contributed by atoms with Crippen molar-refractivity contribution in [2.75, 3.05) is 23.3 Å². The number of hydrogen-bond donors (Lipinski definition) is 1. The number of benzene rings is 1. The Hall–Kier alpha value is -2.40. The van der Waals surface area contributed by atoms with Gasteiger partial charge in [-0.1, -0.05) is 19.1 Å². The van der Waals surface area contributed by atoms with Crippen LogP contribution in [-0.4, -0.2) is 24.0 Å². The predicted octanol–water partition coefficient (Wildman–Crippen LogP) is 5.02. The van der Waals surface area contributed by atoms with E-state index in [-0.39, 0.29) is 11.8 Å². The molecule has 1 atom stereocenters. The van der Waals surface area contributed by atoms with Crippen LogP contribution in [0, 0.1) is 12.8 Å². The molecule has 0 bridgehead atoms. The third kappa shape index (κ3) is 3.83. The van der Waals surface area contributed by atoms with Crippen molar-refractivity contribution in [3.63, 3.8) is 0 Å². The van der Waals surface area contributed by atoms with Gasteiger partial charge in [-0.2, -0.15) is 0 Å². The highest BCUT2D eigenvalue weighted by atomic mass is 32.1. The number of hydrogen-bond acceptors (Lipinski definition) is 4. The Balaban J connectivity index is 1.49. The molecule has 2 aromatic heterocycles. The number of rotatable bonds is 4. The molecular weight excluding hydrogens is 354 g/mol. The second kappa shape index (κ2) is 7.69. The number of carbonyl (C=O) groups is 1. The van der Waals surface area contributed by atoms with Crippen LogP contribution in [0.25, 0.3) is 10.1 Å². The maximum atomic E-state index is 12.8. The Labute approximate surface area is 164 Å². The number of amides is 1. The summed E-state index contributed by atoms with van der Waals surface area (Å²) in [5.74, 6) is 1.11. The van der Waals surface area contributed by atoms with Crippen LogP contribution in [0.5, 0.6) is 0 Å². The van der Waals surface area contributed by atoms with E-state index in [1.807, 2.05) is 18.3 Å². The van der Waals surface area contributed by atoms with Crippen molar-refractivity contribution in [2.24, 2.45) is 5.92 Å². The zero-order valence-electron chi connectivity index (χ0n) is 15.9. The summed E-state index contributed by atoms with van der Waals surface area (Å²) in [4.78, 5) is 21.0. The van der Waals surface area contributed by atoms with E-state index in [9.17, 15) is 4.79 Å². The molecule has 0 radical (unpaired) electrons. The first-order valence-electron chi connectivity index (χ1n) is 9.64. The number of carbonyl (C=O) groups excluding carboxylic acids is 1. The van der Waals surface area contributed by atoms with Gasteiger partial charge < -0.3 is 10.2 Å². The maximum Gasteiger partial charge on any atom is 0.229 e. The summed E-state index contributed by atoms with van der Waals surface area (Å²) in [5, 5.41) is 4.30. The number of fused-ring (bicyclic) bond motifs is 1. The standard InChI is InChI=1S/C22H25N3OS/c1-3-16-6-8-18(9-7-16)24-22(26)17-5-4-12-25(14-17)21-19-13-15(2)27-20(19)10-11-23-21/h6-11,13,17H,3-5,12,14H2,1-2H3,(H,24,26). The van der Waals surface area contributed by atoms with Crippen molar-refractivity contribution in [3.8, 4) is 0 Å². The predicted molar refractivity (Wildman–Crippen MR) is 114 cm³/mol. The fourth-order valence-corrected chi connectivity index (χ4v) is 4.69. The van der Waals surface area contributed by atoms with Gasteiger partial charge in [0.05, 0.1) is 5.92 Å². The molecule has 1 N–H and O–H groups in total. The van der Waals surface area contributed by atoms with Crippen molar-refractivity contribution in [1.29, 1.82) is 0 Å². The Morgan fingerprint density at radius 3 is 2.89 bits per heavy atom. The van der Waals surface area contributed by atoms with E-state index < -0.39 is 0 Å². The normalized spacial score (nSPS) is 17.3. The average molecular weight is 380 g/mol. The molecule has 4 rings (SSSR count). The third-order valence-corrected chi connectivity index (χ3v) is 6.28. The monoisotopic (exact) mass is 379 g/mol. The second-order valence-electron chi connectivity index (χ2n) is 7.23. The zero-order chi connectivity index (χ0) is 18.8. The molecule has 0 saturated carbocycles. The number of anilines is 2. The first-order chi connectivity index (χ1) is 13.1. The number of aryl methyl sites for hydroxylation is 2. The minimum Gasteiger partial charge on any atom is -0.355 e. The van der Waals surface area contributed by atoms with Crippen LogP contribution in [0.15, 0.2) is 42.6 Å². The number of pyridine rings is 1. The Kier molecular flexibility index (Phi) is 5.12. The molecule has 1 saturated heterocycles. The fourth-order valence-electron chi connectivity index (χ4n) is 3.78. The zero-order valence-corrected chi connectivity index (χ0v) is 16.7. The Bertz CT molecular complexity index is 948. The van der Waals surface area contributed by atoms with Gasteiger partial charge in [-0.3, -0.25) is 4.79 Å². The van der Waals surface area contributed by atoms with Crippen LogP contribution < -0.4 is 10.2 Å². The van der Waals surface area contributed by atoms with Gasteiger partial charge in [0.2, 0.25) is 5.91 Å². The lowest BCUT2D eigenvalue weighted by Crippen LogP contribution is -2.41. The summed E-state index contributed by atoms with van der Waals surface area (Å²) in [5.41, 5.74) is 2.16. The summed E-state index contributed by atoms with van der Waals surface area (Å²) in [7, 11) is 0. The van der Waals surface area contributed by atoms with Crippen LogP contribution in [0.2, 0.25) is 0 Å².